The molecule has 2 aliphatic rings. The van der Waals surface area contributed by atoms with Gasteiger partial charge in [-0.05, 0) is 40.5 Å². The third kappa shape index (κ3) is 5.35. The number of carboxylic acid groups (broad SMARTS) is 1. The number of nitrogens with one attached hydrogen (secondary N) is 1. The van der Waals surface area contributed by atoms with Crippen LogP contribution in [0.5, 0.6) is 0 Å². The van der Waals surface area contributed by atoms with Gasteiger partial charge in [-0.2, -0.15) is 0 Å². The molecular formula is C26H30N2O5. The van der Waals surface area contributed by atoms with Crippen molar-refractivity contribution in [2.24, 2.45) is 5.41 Å². The summed E-state index contributed by atoms with van der Waals surface area (Å²) in [4.78, 5) is 37.7. The summed E-state index contributed by atoms with van der Waals surface area (Å²) in [7, 11) is 0. The molecule has 0 heterocycles. The van der Waals surface area contributed by atoms with Gasteiger partial charge in [-0.3, -0.25) is 9.59 Å². The Morgan fingerprint density at radius 1 is 1.03 bits per heavy atom. The van der Waals surface area contributed by atoms with Crippen LogP contribution in [0.4, 0.5) is 4.79 Å². The van der Waals surface area contributed by atoms with Crippen LogP contribution in [-0.2, 0) is 14.3 Å². The number of ether oxygens (including phenoxy) is 1. The molecule has 2 N–H and O–H groups in total. The number of benzene rings is 2. The van der Waals surface area contributed by atoms with Crippen LogP contribution in [0.25, 0.3) is 11.1 Å². The maximum absolute atomic E-state index is 12.7. The number of alkyl carbamates (subject to hydrolysis) is 1. The molecule has 0 atom stereocenters. The number of fused-ring (bicyclic) bond motifs is 3. The Kier molecular flexibility index (Phi) is 6.40. The topological polar surface area (TPSA) is 95.9 Å². The van der Waals surface area contributed by atoms with Gasteiger partial charge in [0.05, 0.1) is 0 Å². The lowest BCUT2D eigenvalue weighted by molar-refractivity contribution is -0.145. The van der Waals surface area contributed by atoms with Crippen LogP contribution in [0.3, 0.4) is 0 Å². The van der Waals surface area contributed by atoms with Crippen LogP contribution in [0.1, 0.15) is 50.2 Å². The van der Waals surface area contributed by atoms with Crippen molar-refractivity contribution in [3.8, 4) is 11.1 Å². The van der Waals surface area contributed by atoms with E-state index in [9.17, 15) is 14.4 Å². The average molecular weight is 451 g/mol. The molecule has 1 fully saturated rings. The molecule has 2 amide bonds. The SMILES string of the molecule is CC(C)(CNC(=O)OCC1c2ccccc2-c2ccccc21)CC(=O)N(CC(=O)O)C1CC1. The Morgan fingerprint density at radius 2 is 1.61 bits per heavy atom. The fourth-order valence-electron chi connectivity index (χ4n) is 4.49. The number of amides is 2. The fourth-order valence-corrected chi connectivity index (χ4v) is 4.49. The van der Waals surface area contributed by atoms with Gasteiger partial charge >= 0.3 is 12.1 Å². The van der Waals surface area contributed by atoms with Crippen LogP contribution in [0.2, 0.25) is 0 Å². The van der Waals surface area contributed by atoms with Crippen molar-refractivity contribution in [3.05, 3.63) is 59.7 Å². The summed E-state index contributed by atoms with van der Waals surface area (Å²) >= 11 is 0. The van der Waals surface area contributed by atoms with Gasteiger partial charge in [-0.1, -0.05) is 62.4 Å². The van der Waals surface area contributed by atoms with Gasteiger partial charge in [0.15, 0.2) is 0 Å². The number of rotatable bonds is 9. The van der Waals surface area contributed by atoms with E-state index in [1.54, 1.807) is 0 Å². The molecule has 2 aromatic rings. The van der Waals surface area contributed by atoms with E-state index in [2.05, 4.69) is 29.6 Å². The molecule has 0 aliphatic heterocycles. The zero-order valence-corrected chi connectivity index (χ0v) is 19.0. The van der Waals surface area contributed by atoms with Crippen LogP contribution in [0.15, 0.2) is 48.5 Å². The highest BCUT2D eigenvalue weighted by Gasteiger charge is 2.36. The lowest BCUT2D eigenvalue weighted by Crippen LogP contribution is -2.42. The zero-order valence-electron chi connectivity index (χ0n) is 19.0. The molecule has 33 heavy (non-hydrogen) atoms. The van der Waals surface area contributed by atoms with Crippen molar-refractivity contribution in [2.45, 2.75) is 45.1 Å². The predicted octanol–water partition coefficient (Wildman–Crippen LogP) is 4.02. The highest BCUT2D eigenvalue weighted by molar-refractivity contribution is 5.82. The quantitative estimate of drug-likeness (QED) is 0.602. The first-order valence-electron chi connectivity index (χ1n) is 11.4. The molecule has 0 saturated heterocycles. The van der Waals surface area contributed by atoms with Gasteiger partial charge in [0.25, 0.3) is 0 Å². The molecule has 174 valence electrons. The van der Waals surface area contributed by atoms with Crippen molar-refractivity contribution < 1.29 is 24.2 Å². The summed E-state index contributed by atoms with van der Waals surface area (Å²) < 4.78 is 5.57. The second-order valence-corrected chi connectivity index (χ2v) is 9.67. The number of aliphatic carboxylic acids is 1. The second-order valence-electron chi connectivity index (χ2n) is 9.67. The average Bonchev–Trinajstić information content (AvgIpc) is 3.57. The van der Waals surface area contributed by atoms with Crippen LogP contribution in [-0.4, -0.2) is 53.7 Å². The molecule has 2 aliphatic carbocycles. The van der Waals surface area contributed by atoms with E-state index in [1.165, 1.54) is 16.0 Å². The third-order valence-corrected chi connectivity index (χ3v) is 6.30. The molecular weight excluding hydrogens is 420 g/mol. The fraction of sp³-hybridized carbons (Fsp3) is 0.423. The zero-order chi connectivity index (χ0) is 23.6. The van der Waals surface area contributed by atoms with Gasteiger partial charge < -0.3 is 20.1 Å². The molecule has 1 saturated carbocycles. The van der Waals surface area contributed by atoms with E-state index in [4.69, 9.17) is 9.84 Å². The molecule has 4 rings (SSSR count). The summed E-state index contributed by atoms with van der Waals surface area (Å²) in [6.07, 6.45) is 1.32. The first kappa shape index (κ1) is 22.8. The molecule has 2 aromatic carbocycles. The number of hydrogen-bond donors (Lipinski definition) is 2. The van der Waals surface area contributed by atoms with Gasteiger partial charge in [0, 0.05) is 24.9 Å². The Hall–Kier alpha value is -3.35. The predicted molar refractivity (Wildman–Crippen MR) is 124 cm³/mol. The minimum atomic E-state index is -1.01. The van der Waals surface area contributed by atoms with Gasteiger partial charge in [-0.25, -0.2) is 4.79 Å². The lowest BCUT2D eigenvalue weighted by atomic mass is 9.88. The van der Waals surface area contributed by atoms with E-state index in [1.807, 2.05) is 38.1 Å². The summed E-state index contributed by atoms with van der Waals surface area (Å²) in [5.74, 6) is -1.22. The van der Waals surface area contributed by atoms with E-state index in [-0.39, 0.29) is 44.0 Å². The van der Waals surface area contributed by atoms with E-state index >= 15 is 0 Å². The standard InChI is InChI=1S/C26H30N2O5/c1-26(2,13-23(29)28(14-24(30)31)17-11-12-17)16-27-25(32)33-15-22-20-9-5-3-7-18(20)19-8-4-6-10-21(19)22/h3-10,17,22H,11-16H2,1-2H3,(H,27,32)(H,30,31). The number of carbonyl (C=O) groups is 3. The third-order valence-electron chi connectivity index (χ3n) is 6.30. The van der Waals surface area contributed by atoms with Gasteiger partial charge in [0.2, 0.25) is 5.91 Å². The maximum atomic E-state index is 12.7. The molecule has 7 nitrogen and oxygen atoms in total. The Morgan fingerprint density at radius 3 is 2.15 bits per heavy atom. The number of carboxylic acids is 1. The molecule has 0 spiro atoms. The van der Waals surface area contributed by atoms with E-state index in [0.717, 1.165) is 24.0 Å². The minimum absolute atomic E-state index is 0.0131. The van der Waals surface area contributed by atoms with E-state index in [0.29, 0.717) is 0 Å². The first-order valence-corrected chi connectivity index (χ1v) is 11.4. The Balaban J connectivity index is 1.30. The minimum Gasteiger partial charge on any atom is -0.480 e. The number of nitrogens with zero attached hydrogens (tertiary/aromatic N) is 1. The van der Waals surface area contributed by atoms with Gasteiger partial charge in [-0.15, -0.1) is 0 Å². The van der Waals surface area contributed by atoms with Crippen molar-refractivity contribution >= 4 is 18.0 Å². The van der Waals surface area contributed by atoms with Crippen molar-refractivity contribution in [2.75, 3.05) is 19.7 Å². The number of hydrogen-bond acceptors (Lipinski definition) is 4. The molecule has 0 unspecified atom stereocenters. The number of carbonyl (C=O) groups excluding carboxylic acids is 2. The highest BCUT2D eigenvalue weighted by atomic mass is 16.5. The molecule has 0 aromatic heterocycles. The van der Waals surface area contributed by atoms with Crippen molar-refractivity contribution in [3.63, 3.8) is 0 Å². The second kappa shape index (κ2) is 9.25. The monoisotopic (exact) mass is 450 g/mol. The smallest absolute Gasteiger partial charge is 0.407 e. The van der Waals surface area contributed by atoms with Gasteiger partial charge in [0.1, 0.15) is 13.2 Å². The first-order chi connectivity index (χ1) is 15.7. The van der Waals surface area contributed by atoms with E-state index < -0.39 is 17.5 Å². The maximum Gasteiger partial charge on any atom is 0.407 e. The normalized spacial score (nSPS) is 14.8. The molecule has 0 radical (unpaired) electrons. The summed E-state index contributed by atoms with van der Waals surface area (Å²) in [6.45, 7) is 3.95. The highest BCUT2D eigenvalue weighted by Crippen LogP contribution is 2.44. The molecule has 0 bridgehead atoms. The van der Waals surface area contributed by atoms with Crippen molar-refractivity contribution in [1.82, 2.24) is 10.2 Å². The van der Waals surface area contributed by atoms with Crippen LogP contribution in [0, 0.1) is 5.41 Å². The van der Waals surface area contributed by atoms with Crippen LogP contribution >= 0.6 is 0 Å². The lowest BCUT2D eigenvalue weighted by Gasteiger charge is -2.28. The Labute approximate surface area is 193 Å². The summed E-state index contributed by atoms with van der Waals surface area (Å²) in [5.41, 5.74) is 4.10. The summed E-state index contributed by atoms with van der Waals surface area (Å²) in [6, 6.07) is 16.3. The summed E-state index contributed by atoms with van der Waals surface area (Å²) in [5, 5.41) is 11.9. The molecule has 7 heteroatoms. The Bertz CT molecular complexity index is 1010. The van der Waals surface area contributed by atoms with Crippen LogP contribution < -0.4 is 5.32 Å². The largest absolute Gasteiger partial charge is 0.480 e. The van der Waals surface area contributed by atoms with Crippen molar-refractivity contribution in [1.29, 1.82) is 0 Å².